The average Bonchev–Trinajstić information content (AvgIpc) is 2.59. The van der Waals surface area contributed by atoms with Crippen molar-refractivity contribution in [3.8, 4) is 17.1 Å². The Labute approximate surface area is 145 Å². The van der Waals surface area contributed by atoms with Gasteiger partial charge in [-0.1, -0.05) is 40.2 Å². The minimum atomic E-state index is -0.563. The first-order valence-electron chi connectivity index (χ1n) is 7.34. The molecular formula is C18H12BrN3O2. The molecule has 0 spiro atoms. The summed E-state index contributed by atoms with van der Waals surface area (Å²) in [5, 5.41) is 0.895. The Morgan fingerprint density at radius 2 is 1.75 bits per heavy atom. The zero-order valence-electron chi connectivity index (χ0n) is 12.7. The summed E-state index contributed by atoms with van der Waals surface area (Å²) in [6, 6.07) is 17.2. The first kappa shape index (κ1) is 14.8. The Hall–Kier alpha value is -2.73. The van der Waals surface area contributed by atoms with E-state index in [1.165, 1.54) is 7.05 Å². The molecule has 0 amide bonds. The Bertz CT molecular complexity index is 1160. The second-order valence-corrected chi connectivity index (χ2v) is 6.43. The van der Waals surface area contributed by atoms with E-state index >= 15 is 0 Å². The van der Waals surface area contributed by atoms with E-state index in [1.807, 2.05) is 53.1 Å². The number of hydrogen-bond donors (Lipinski definition) is 0. The molecule has 6 heteroatoms. The summed E-state index contributed by atoms with van der Waals surface area (Å²) in [5.41, 5.74) is 1.20. The molecule has 2 aliphatic heterocycles. The monoisotopic (exact) mass is 381 g/mol. The minimum Gasteiger partial charge on any atom is -0.294 e. The molecule has 0 fully saturated rings. The number of nitrogens with zero attached hydrogens (tertiary/aromatic N) is 3. The van der Waals surface area contributed by atoms with Crippen LogP contribution in [0.5, 0.6) is 0 Å². The molecule has 5 nitrogen and oxygen atoms in total. The largest absolute Gasteiger partial charge is 0.352 e. The summed E-state index contributed by atoms with van der Waals surface area (Å²) in [7, 11) is 1.44. The number of halogens is 1. The molecule has 0 saturated carbocycles. The highest BCUT2D eigenvalue weighted by Crippen LogP contribution is 2.29. The van der Waals surface area contributed by atoms with Gasteiger partial charge in [-0.05, 0) is 35.7 Å². The number of rotatable bonds is 1. The van der Waals surface area contributed by atoms with Crippen LogP contribution >= 0.6 is 15.9 Å². The van der Waals surface area contributed by atoms with Gasteiger partial charge in [-0.2, -0.15) is 4.98 Å². The highest BCUT2D eigenvalue weighted by Gasteiger charge is 2.19. The maximum absolute atomic E-state index is 12.5. The molecule has 0 unspecified atom stereocenters. The molecule has 0 atom stereocenters. The number of para-hydroxylation sites is 1. The van der Waals surface area contributed by atoms with E-state index in [0.717, 1.165) is 25.6 Å². The molecule has 0 radical (unpaired) electrons. The normalized spacial score (nSPS) is 11.2. The fourth-order valence-electron chi connectivity index (χ4n) is 2.83. The minimum absolute atomic E-state index is 0.348. The van der Waals surface area contributed by atoms with Crippen LogP contribution in [0.3, 0.4) is 0 Å². The Kier molecular flexibility index (Phi) is 3.35. The Morgan fingerprint density at radius 3 is 2.50 bits per heavy atom. The van der Waals surface area contributed by atoms with Gasteiger partial charge in [0.25, 0.3) is 5.56 Å². The van der Waals surface area contributed by atoms with Crippen LogP contribution in [-0.4, -0.2) is 14.1 Å². The topological polar surface area (TPSA) is 56.9 Å². The number of aromatic nitrogens is 3. The van der Waals surface area contributed by atoms with E-state index in [4.69, 9.17) is 0 Å². The van der Waals surface area contributed by atoms with Gasteiger partial charge in [0, 0.05) is 17.2 Å². The van der Waals surface area contributed by atoms with Gasteiger partial charge in [0.05, 0.1) is 11.1 Å². The standard InChI is InChI=1S/C18H12BrN3O2/c1-21-17(23)14-9-11-7-8-12(19)10-15(11)22(16(14)20-18(21)24)13-5-3-2-4-6-13/h2-10H,1H3. The quantitative estimate of drug-likeness (QED) is 0.476. The van der Waals surface area contributed by atoms with Crippen molar-refractivity contribution in [3.05, 3.63) is 79.9 Å². The lowest BCUT2D eigenvalue weighted by molar-refractivity contribution is 0.766. The van der Waals surface area contributed by atoms with Gasteiger partial charge < -0.3 is 0 Å². The van der Waals surface area contributed by atoms with Gasteiger partial charge >= 0.3 is 5.69 Å². The van der Waals surface area contributed by atoms with Crippen molar-refractivity contribution in [2.45, 2.75) is 0 Å². The van der Waals surface area contributed by atoms with Crippen LogP contribution in [0.25, 0.3) is 28.0 Å². The lowest BCUT2D eigenvalue weighted by Crippen LogP contribution is -2.35. The predicted octanol–water partition coefficient (Wildman–Crippen LogP) is 2.95. The molecule has 0 aromatic heterocycles. The Morgan fingerprint density at radius 1 is 1.00 bits per heavy atom. The second-order valence-electron chi connectivity index (χ2n) is 5.51. The van der Waals surface area contributed by atoms with Crippen molar-refractivity contribution in [3.63, 3.8) is 0 Å². The summed E-state index contributed by atoms with van der Waals surface area (Å²) >= 11 is 3.48. The van der Waals surface area contributed by atoms with Crippen molar-refractivity contribution in [2.24, 2.45) is 7.05 Å². The van der Waals surface area contributed by atoms with Crippen LogP contribution in [0.1, 0.15) is 0 Å². The lowest BCUT2D eigenvalue weighted by Gasteiger charge is -2.18. The van der Waals surface area contributed by atoms with Gasteiger partial charge in [-0.3, -0.25) is 13.9 Å². The number of fused-ring (bicyclic) bond motifs is 2. The fraction of sp³-hybridized carbons (Fsp3) is 0.0556. The van der Waals surface area contributed by atoms with Crippen molar-refractivity contribution in [2.75, 3.05) is 0 Å². The van der Waals surface area contributed by atoms with Crippen LogP contribution < -0.4 is 11.2 Å². The summed E-state index contributed by atoms with van der Waals surface area (Å²) in [6.45, 7) is 0. The molecule has 118 valence electrons. The molecule has 2 heterocycles. The fourth-order valence-corrected chi connectivity index (χ4v) is 3.18. The van der Waals surface area contributed by atoms with Crippen molar-refractivity contribution in [1.29, 1.82) is 0 Å². The first-order valence-corrected chi connectivity index (χ1v) is 8.13. The molecule has 2 aliphatic rings. The zero-order valence-corrected chi connectivity index (χ0v) is 14.3. The van der Waals surface area contributed by atoms with E-state index in [2.05, 4.69) is 20.9 Å². The Balaban J connectivity index is 2.30. The molecule has 2 aromatic rings. The molecule has 2 aromatic carbocycles. The van der Waals surface area contributed by atoms with E-state index < -0.39 is 5.69 Å². The van der Waals surface area contributed by atoms with Gasteiger partial charge in [0.2, 0.25) is 0 Å². The molecule has 0 saturated heterocycles. The highest BCUT2D eigenvalue weighted by atomic mass is 79.9. The molecular weight excluding hydrogens is 370 g/mol. The van der Waals surface area contributed by atoms with Gasteiger partial charge in [0.15, 0.2) is 5.82 Å². The van der Waals surface area contributed by atoms with Crippen molar-refractivity contribution in [1.82, 2.24) is 14.1 Å². The van der Waals surface area contributed by atoms with Crippen molar-refractivity contribution < 1.29 is 0 Å². The number of hydrogen-bond acceptors (Lipinski definition) is 3. The third-order valence-electron chi connectivity index (χ3n) is 4.02. The molecule has 0 aliphatic carbocycles. The maximum atomic E-state index is 12.5. The summed E-state index contributed by atoms with van der Waals surface area (Å²) in [6.07, 6.45) is 0. The van der Waals surface area contributed by atoms with E-state index in [-0.39, 0.29) is 5.56 Å². The number of pyridine rings is 1. The summed E-state index contributed by atoms with van der Waals surface area (Å²) in [5.74, 6) is 0.361. The summed E-state index contributed by atoms with van der Waals surface area (Å²) < 4.78 is 3.78. The molecule has 24 heavy (non-hydrogen) atoms. The molecule has 0 bridgehead atoms. The van der Waals surface area contributed by atoms with Crippen LogP contribution in [-0.2, 0) is 7.05 Å². The third kappa shape index (κ3) is 2.18. The number of benzene rings is 2. The maximum Gasteiger partial charge on any atom is 0.352 e. The van der Waals surface area contributed by atoms with Gasteiger partial charge in [-0.25, -0.2) is 4.79 Å². The third-order valence-corrected chi connectivity index (χ3v) is 4.52. The first-order chi connectivity index (χ1) is 11.6. The lowest BCUT2D eigenvalue weighted by atomic mass is 10.1. The van der Waals surface area contributed by atoms with Crippen LogP contribution in [0.4, 0.5) is 0 Å². The SMILES string of the molecule is Cn1c(=O)nc2n(-c3ccccc3)c3cc(Br)ccc3cc-2c1=O. The highest BCUT2D eigenvalue weighted by molar-refractivity contribution is 9.10. The van der Waals surface area contributed by atoms with Gasteiger partial charge in [-0.15, -0.1) is 0 Å². The summed E-state index contributed by atoms with van der Waals surface area (Å²) in [4.78, 5) is 28.8. The predicted molar refractivity (Wildman–Crippen MR) is 96.9 cm³/mol. The van der Waals surface area contributed by atoms with Crippen LogP contribution in [0.2, 0.25) is 0 Å². The smallest absolute Gasteiger partial charge is 0.294 e. The molecule has 0 N–H and O–H groups in total. The van der Waals surface area contributed by atoms with E-state index in [1.54, 1.807) is 6.07 Å². The van der Waals surface area contributed by atoms with E-state index in [9.17, 15) is 9.59 Å². The van der Waals surface area contributed by atoms with Crippen LogP contribution in [0, 0.1) is 0 Å². The average molecular weight is 382 g/mol. The second kappa shape index (κ2) is 5.42. The molecule has 4 rings (SSSR count). The zero-order chi connectivity index (χ0) is 16.8. The van der Waals surface area contributed by atoms with Crippen molar-refractivity contribution >= 4 is 26.8 Å². The van der Waals surface area contributed by atoms with Crippen LogP contribution in [0.15, 0.2) is 68.7 Å². The van der Waals surface area contributed by atoms with Gasteiger partial charge in [0.1, 0.15) is 0 Å². The van der Waals surface area contributed by atoms with E-state index in [0.29, 0.717) is 11.4 Å².